The maximum atomic E-state index is 13.1. The lowest BCUT2D eigenvalue weighted by Crippen LogP contribution is -2.36. The molecular weight excluding hydrogens is 651 g/mol. The number of hydrogen-bond acceptors (Lipinski definition) is 9. The van der Waals surface area contributed by atoms with Gasteiger partial charge in [0.05, 0.1) is 39.3 Å². The van der Waals surface area contributed by atoms with Gasteiger partial charge in [-0.15, -0.1) is 11.8 Å². The largest absolute Gasteiger partial charge is 0.388 e. The van der Waals surface area contributed by atoms with Crippen molar-refractivity contribution >= 4 is 50.1 Å². The Kier molecular flexibility index (Phi) is 9.81. The average molecular weight is 686 g/mol. The van der Waals surface area contributed by atoms with Crippen LogP contribution in [0.1, 0.15) is 42.5 Å². The number of nitrogens with zero attached hydrogens (tertiary/aromatic N) is 3. The zero-order valence-corrected chi connectivity index (χ0v) is 27.7. The van der Waals surface area contributed by atoms with Crippen LogP contribution in [0, 0.1) is 10.1 Å². The summed E-state index contributed by atoms with van der Waals surface area (Å²) in [5.74, 6) is -0.223. The zero-order chi connectivity index (χ0) is 33.7. The van der Waals surface area contributed by atoms with Crippen molar-refractivity contribution in [1.82, 2.24) is 14.3 Å². The van der Waals surface area contributed by atoms with Crippen LogP contribution in [0.15, 0.2) is 107 Å². The van der Waals surface area contributed by atoms with Gasteiger partial charge in [0.15, 0.2) is 0 Å². The first-order chi connectivity index (χ1) is 23.1. The molecule has 5 aromatic rings. The maximum Gasteiger partial charge on any atom is 0.293 e. The highest BCUT2D eigenvalue weighted by molar-refractivity contribution is 7.99. The van der Waals surface area contributed by atoms with Crippen molar-refractivity contribution < 1.29 is 23.2 Å². The molecule has 1 fully saturated rings. The molecule has 11 nitrogen and oxygen atoms in total. The fraction of sp³-hybridized carbons (Fsp3) is 0.257. The molecule has 6 rings (SSSR count). The fourth-order valence-electron chi connectivity index (χ4n) is 5.96. The molecule has 1 aromatic heterocycles. The van der Waals surface area contributed by atoms with Crippen LogP contribution in [0.3, 0.4) is 0 Å². The van der Waals surface area contributed by atoms with Crippen molar-refractivity contribution in [3.05, 3.63) is 113 Å². The Hall–Kier alpha value is -4.72. The van der Waals surface area contributed by atoms with Gasteiger partial charge in [0.25, 0.3) is 21.6 Å². The van der Waals surface area contributed by atoms with Crippen LogP contribution in [0.2, 0.25) is 0 Å². The van der Waals surface area contributed by atoms with Gasteiger partial charge >= 0.3 is 0 Å². The average Bonchev–Trinajstić information content (AvgIpc) is 3.48. The molecule has 0 spiro atoms. The van der Waals surface area contributed by atoms with E-state index in [1.54, 1.807) is 30.2 Å². The van der Waals surface area contributed by atoms with E-state index in [-0.39, 0.29) is 11.3 Å². The first kappa shape index (κ1) is 33.2. The van der Waals surface area contributed by atoms with E-state index in [0.717, 1.165) is 65.2 Å². The Labute approximate surface area is 282 Å². The number of benzene rings is 4. The second-order valence-corrected chi connectivity index (χ2v) is 14.7. The van der Waals surface area contributed by atoms with Crippen molar-refractivity contribution in [2.75, 3.05) is 17.6 Å². The van der Waals surface area contributed by atoms with E-state index in [2.05, 4.69) is 10.3 Å². The number of amides is 1. The predicted molar refractivity (Wildman–Crippen MR) is 187 cm³/mol. The van der Waals surface area contributed by atoms with E-state index in [1.807, 2.05) is 57.8 Å². The Morgan fingerprint density at radius 3 is 2.42 bits per heavy atom. The standard InChI is InChI=1S/C35H35N5O6S2/c41-34(38-48(45,46)29-14-15-30(33(22-29)40(43)44)36-19-20-47-28-7-3-1-4-8-28)26-11-9-25(10-12-26)27-13-16-32-31(21-27)37-24-39(32)23-35(42)17-5-2-6-18-35/h1,3-4,7-16,21-22,24,36,42H,2,5-6,17-20,23H2,(H,38,41). The summed E-state index contributed by atoms with van der Waals surface area (Å²) in [6, 6.07) is 25.5. The number of aliphatic hydroxyl groups is 1. The molecule has 0 radical (unpaired) electrons. The molecule has 0 atom stereocenters. The van der Waals surface area contributed by atoms with Crippen LogP contribution >= 0.6 is 11.8 Å². The number of rotatable bonds is 12. The number of sulfonamides is 1. The minimum absolute atomic E-state index is 0.108. The molecular formula is C35H35N5O6S2. The summed E-state index contributed by atoms with van der Waals surface area (Å²) in [5, 5.41) is 25.8. The van der Waals surface area contributed by atoms with Crippen molar-refractivity contribution in [2.24, 2.45) is 0 Å². The van der Waals surface area contributed by atoms with Gasteiger partial charge in [0, 0.05) is 28.8 Å². The van der Waals surface area contributed by atoms with Crippen LogP contribution < -0.4 is 10.0 Å². The van der Waals surface area contributed by atoms with Gasteiger partial charge in [-0.1, -0.05) is 55.7 Å². The number of thioether (sulfide) groups is 1. The summed E-state index contributed by atoms with van der Waals surface area (Å²) in [6.45, 7) is 0.916. The van der Waals surface area contributed by atoms with Crippen LogP contribution in [0.4, 0.5) is 11.4 Å². The molecule has 1 aliphatic carbocycles. The van der Waals surface area contributed by atoms with Crippen molar-refractivity contribution in [3.8, 4) is 11.1 Å². The lowest BCUT2D eigenvalue weighted by atomic mass is 9.85. The summed E-state index contributed by atoms with van der Waals surface area (Å²) >= 11 is 1.58. The highest BCUT2D eigenvalue weighted by Gasteiger charge is 2.30. The molecule has 1 saturated carbocycles. The second kappa shape index (κ2) is 14.2. The number of nitrogens with one attached hydrogen (secondary N) is 2. The van der Waals surface area contributed by atoms with E-state index >= 15 is 0 Å². The smallest absolute Gasteiger partial charge is 0.293 e. The van der Waals surface area contributed by atoms with Crippen molar-refractivity contribution in [2.45, 2.75) is 54.0 Å². The number of nitro benzene ring substituents is 1. The normalized spacial score (nSPS) is 14.4. The summed E-state index contributed by atoms with van der Waals surface area (Å²) in [6.07, 6.45) is 6.52. The van der Waals surface area contributed by atoms with Gasteiger partial charge < -0.3 is 15.0 Å². The predicted octanol–water partition coefficient (Wildman–Crippen LogP) is 6.63. The van der Waals surface area contributed by atoms with E-state index in [9.17, 15) is 28.4 Å². The number of imidazole rings is 1. The first-order valence-corrected chi connectivity index (χ1v) is 18.1. The third-order valence-electron chi connectivity index (χ3n) is 8.48. The summed E-state index contributed by atoms with van der Waals surface area (Å²) in [4.78, 5) is 29.3. The minimum Gasteiger partial charge on any atom is -0.388 e. The summed E-state index contributed by atoms with van der Waals surface area (Å²) < 4.78 is 30.2. The molecule has 0 saturated heterocycles. The summed E-state index contributed by atoms with van der Waals surface area (Å²) in [5.41, 5.74) is 2.53. The van der Waals surface area contributed by atoms with Crippen LogP contribution in [-0.4, -0.2) is 51.8 Å². The van der Waals surface area contributed by atoms with Gasteiger partial charge in [-0.3, -0.25) is 14.9 Å². The zero-order valence-electron chi connectivity index (χ0n) is 26.0. The van der Waals surface area contributed by atoms with Crippen molar-refractivity contribution in [3.63, 3.8) is 0 Å². The highest BCUT2D eigenvalue weighted by atomic mass is 32.2. The monoisotopic (exact) mass is 685 g/mol. The third-order valence-corrected chi connectivity index (χ3v) is 10.8. The van der Waals surface area contributed by atoms with Gasteiger partial charge in [0.2, 0.25) is 0 Å². The van der Waals surface area contributed by atoms with E-state index in [4.69, 9.17) is 0 Å². The van der Waals surface area contributed by atoms with Crippen LogP contribution in [0.5, 0.6) is 0 Å². The molecule has 13 heteroatoms. The van der Waals surface area contributed by atoms with Crippen LogP contribution in [-0.2, 0) is 16.6 Å². The van der Waals surface area contributed by atoms with Crippen molar-refractivity contribution in [1.29, 1.82) is 0 Å². The first-order valence-electron chi connectivity index (χ1n) is 15.7. The van der Waals surface area contributed by atoms with Crippen LogP contribution in [0.25, 0.3) is 22.2 Å². The molecule has 0 bridgehead atoms. The minimum atomic E-state index is -4.41. The molecule has 1 aliphatic rings. The number of anilines is 1. The number of nitro groups is 1. The fourth-order valence-corrected chi connectivity index (χ4v) is 7.74. The topological polar surface area (TPSA) is 156 Å². The SMILES string of the molecule is O=C(NS(=O)(=O)c1ccc(NCCSc2ccccc2)c([N+](=O)[O-])c1)c1ccc(-c2ccc3c(c2)ncn3CC2(O)CCCCC2)cc1. The third kappa shape index (κ3) is 7.70. The molecule has 0 unspecified atom stereocenters. The van der Waals surface area contributed by atoms with Gasteiger partial charge in [-0.25, -0.2) is 18.1 Å². The maximum absolute atomic E-state index is 13.1. The molecule has 0 aliphatic heterocycles. The van der Waals surface area contributed by atoms with Gasteiger partial charge in [-0.2, -0.15) is 0 Å². The number of hydrogen-bond donors (Lipinski definition) is 3. The molecule has 1 heterocycles. The second-order valence-electron chi connectivity index (χ2n) is 11.9. The number of aromatic nitrogens is 2. The molecule has 248 valence electrons. The molecule has 48 heavy (non-hydrogen) atoms. The quantitative estimate of drug-likeness (QED) is 0.0568. The molecule has 1 amide bonds. The lowest BCUT2D eigenvalue weighted by Gasteiger charge is -2.32. The van der Waals surface area contributed by atoms with E-state index in [0.29, 0.717) is 18.8 Å². The van der Waals surface area contributed by atoms with E-state index in [1.165, 1.54) is 24.3 Å². The van der Waals surface area contributed by atoms with E-state index < -0.39 is 37.0 Å². The lowest BCUT2D eigenvalue weighted by molar-refractivity contribution is -0.384. The van der Waals surface area contributed by atoms with Gasteiger partial charge in [-0.05, 0) is 72.5 Å². The Morgan fingerprint density at radius 2 is 1.69 bits per heavy atom. The van der Waals surface area contributed by atoms with Gasteiger partial charge in [0.1, 0.15) is 5.69 Å². The highest BCUT2D eigenvalue weighted by Crippen LogP contribution is 2.32. The Balaban J connectivity index is 1.10. The number of fused-ring (bicyclic) bond motifs is 1. The number of carbonyl (C=O) groups is 1. The molecule has 3 N–H and O–H groups in total. The molecule has 4 aromatic carbocycles. The Morgan fingerprint density at radius 1 is 0.958 bits per heavy atom. The Bertz CT molecular complexity index is 2040. The summed E-state index contributed by atoms with van der Waals surface area (Å²) in [7, 11) is -4.41. The number of carbonyl (C=O) groups excluding carboxylic acids is 1.